The Morgan fingerprint density at radius 1 is 1.06 bits per heavy atom. The van der Waals surface area contributed by atoms with Crippen LogP contribution in [-0.4, -0.2) is 20.5 Å². The molecule has 31 heavy (non-hydrogen) atoms. The third kappa shape index (κ3) is 4.22. The lowest BCUT2D eigenvalue weighted by Gasteiger charge is -2.11. The molecule has 10 heteroatoms. The molecule has 0 aliphatic rings. The molecule has 0 spiro atoms. The summed E-state index contributed by atoms with van der Waals surface area (Å²) in [4.78, 5) is 16.7. The maximum absolute atomic E-state index is 13.7. The van der Waals surface area contributed by atoms with Crippen LogP contribution in [0.1, 0.15) is 21.7 Å². The zero-order valence-electron chi connectivity index (χ0n) is 15.6. The molecule has 0 atom stereocenters. The monoisotopic (exact) mass is 448 g/mol. The molecule has 4 aromatic rings. The number of hydrogen-bond donors (Lipinski definition) is 1. The Balaban J connectivity index is 1.74. The van der Waals surface area contributed by atoms with Gasteiger partial charge in [0.05, 0.1) is 5.69 Å². The summed E-state index contributed by atoms with van der Waals surface area (Å²) >= 11 is 6.21. The number of carbonyl (C=O) groups excluding carboxylic acids is 1. The molecule has 158 valence electrons. The molecule has 0 aliphatic heterocycles. The van der Waals surface area contributed by atoms with Crippen LogP contribution >= 0.6 is 11.6 Å². The number of nitrogens with one attached hydrogen (secondary N) is 1. The molecule has 2 aromatic heterocycles. The first-order valence-corrected chi connectivity index (χ1v) is 9.36. The van der Waals surface area contributed by atoms with E-state index >= 15 is 0 Å². The average Bonchev–Trinajstić information content (AvgIpc) is 3.09. The highest BCUT2D eigenvalue weighted by molar-refractivity contribution is 6.36. The fourth-order valence-corrected chi connectivity index (χ4v) is 3.21. The van der Waals surface area contributed by atoms with Crippen LogP contribution in [0, 0.1) is 5.82 Å². The van der Waals surface area contributed by atoms with E-state index < -0.39 is 29.3 Å². The van der Waals surface area contributed by atoms with Gasteiger partial charge in [-0.1, -0.05) is 54.1 Å². The van der Waals surface area contributed by atoms with Crippen LogP contribution in [0.15, 0.2) is 60.7 Å². The number of amides is 1. The van der Waals surface area contributed by atoms with E-state index in [4.69, 9.17) is 11.6 Å². The van der Waals surface area contributed by atoms with Gasteiger partial charge in [-0.2, -0.15) is 18.3 Å². The van der Waals surface area contributed by atoms with Gasteiger partial charge < -0.3 is 5.32 Å². The quantitative estimate of drug-likeness (QED) is 0.440. The third-order valence-corrected chi connectivity index (χ3v) is 4.82. The lowest BCUT2D eigenvalue weighted by molar-refractivity contribution is -0.142. The summed E-state index contributed by atoms with van der Waals surface area (Å²) in [7, 11) is 0. The summed E-state index contributed by atoms with van der Waals surface area (Å²) < 4.78 is 54.6. The molecule has 0 saturated carbocycles. The molecule has 0 unspecified atom stereocenters. The Morgan fingerprint density at radius 3 is 2.39 bits per heavy atom. The number of aromatic nitrogens is 3. The number of hydrogen-bond acceptors (Lipinski definition) is 3. The topological polar surface area (TPSA) is 59.3 Å². The van der Waals surface area contributed by atoms with Gasteiger partial charge in [-0.05, 0) is 23.8 Å². The van der Waals surface area contributed by atoms with Gasteiger partial charge in [0.1, 0.15) is 10.8 Å². The highest BCUT2D eigenvalue weighted by atomic mass is 35.5. The van der Waals surface area contributed by atoms with Crippen LogP contribution in [0.25, 0.3) is 16.9 Å². The number of alkyl halides is 3. The van der Waals surface area contributed by atoms with Crippen LogP contribution in [0.4, 0.5) is 17.6 Å². The number of rotatable bonds is 4. The number of benzene rings is 2. The number of carbonyl (C=O) groups is 1. The van der Waals surface area contributed by atoms with Crippen molar-refractivity contribution in [1.29, 1.82) is 0 Å². The van der Waals surface area contributed by atoms with E-state index in [1.165, 1.54) is 24.3 Å². The van der Waals surface area contributed by atoms with Crippen LogP contribution in [0.3, 0.4) is 0 Å². The molecule has 0 radical (unpaired) electrons. The minimum absolute atomic E-state index is 0.0120. The molecule has 2 aromatic carbocycles. The highest BCUT2D eigenvalue weighted by Crippen LogP contribution is 2.34. The summed E-state index contributed by atoms with van der Waals surface area (Å²) in [6.07, 6.45) is -4.76. The van der Waals surface area contributed by atoms with Crippen molar-refractivity contribution in [3.63, 3.8) is 0 Å². The van der Waals surface area contributed by atoms with Gasteiger partial charge in [-0.25, -0.2) is 13.9 Å². The molecule has 2 heterocycles. The fraction of sp³-hybridized carbons (Fsp3) is 0.0952. The molecule has 4 rings (SSSR count). The molecule has 1 N–H and O–H groups in total. The van der Waals surface area contributed by atoms with Gasteiger partial charge in [-0.15, -0.1) is 0 Å². The van der Waals surface area contributed by atoms with E-state index in [1.54, 1.807) is 30.3 Å². The first-order chi connectivity index (χ1) is 14.7. The third-order valence-electron chi connectivity index (χ3n) is 4.47. The lowest BCUT2D eigenvalue weighted by atomic mass is 10.1. The molecule has 5 nitrogen and oxygen atoms in total. The van der Waals surface area contributed by atoms with E-state index in [0.29, 0.717) is 15.6 Å². The maximum atomic E-state index is 13.7. The van der Waals surface area contributed by atoms with Crippen LogP contribution in [0.2, 0.25) is 5.02 Å². The first kappa shape index (κ1) is 20.8. The van der Waals surface area contributed by atoms with Crippen molar-refractivity contribution >= 4 is 23.2 Å². The average molecular weight is 449 g/mol. The van der Waals surface area contributed by atoms with Gasteiger partial charge in [0.25, 0.3) is 5.91 Å². The van der Waals surface area contributed by atoms with E-state index in [0.717, 1.165) is 6.07 Å². The Kier molecular flexibility index (Phi) is 5.36. The highest BCUT2D eigenvalue weighted by Gasteiger charge is 2.36. The van der Waals surface area contributed by atoms with Crippen LogP contribution < -0.4 is 5.32 Å². The van der Waals surface area contributed by atoms with Crippen molar-refractivity contribution in [3.05, 3.63) is 88.5 Å². The second-order valence-corrected chi connectivity index (χ2v) is 6.98. The number of fused-ring (bicyclic) bond motifs is 1. The molecule has 0 fully saturated rings. The second-order valence-electron chi connectivity index (χ2n) is 6.60. The zero-order chi connectivity index (χ0) is 22.2. The molecule has 0 saturated heterocycles. The maximum Gasteiger partial charge on any atom is 0.433 e. The Hall–Kier alpha value is -3.46. The lowest BCUT2D eigenvalue weighted by Crippen LogP contribution is -2.23. The van der Waals surface area contributed by atoms with Gasteiger partial charge >= 0.3 is 6.18 Å². The molecule has 1 amide bonds. The summed E-state index contributed by atoms with van der Waals surface area (Å²) in [6, 6.07) is 14.5. The minimum atomic E-state index is -4.76. The fourth-order valence-electron chi connectivity index (χ4n) is 2.96. The Bertz CT molecular complexity index is 1250. The van der Waals surface area contributed by atoms with Crippen molar-refractivity contribution in [1.82, 2.24) is 19.9 Å². The zero-order valence-corrected chi connectivity index (χ0v) is 16.4. The summed E-state index contributed by atoms with van der Waals surface area (Å²) in [5.41, 5.74) is -0.712. The van der Waals surface area contributed by atoms with E-state index in [-0.39, 0.29) is 22.9 Å². The smallest absolute Gasteiger partial charge is 0.347 e. The van der Waals surface area contributed by atoms with Crippen LogP contribution in [-0.2, 0) is 12.7 Å². The van der Waals surface area contributed by atoms with Crippen molar-refractivity contribution in [2.45, 2.75) is 12.7 Å². The Labute approximate surface area is 178 Å². The van der Waals surface area contributed by atoms with E-state index in [9.17, 15) is 22.4 Å². The first-order valence-electron chi connectivity index (χ1n) is 8.98. The van der Waals surface area contributed by atoms with Gasteiger partial charge in [0, 0.05) is 12.1 Å². The van der Waals surface area contributed by atoms with E-state index in [1.807, 2.05) is 0 Å². The normalized spacial score (nSPS) is 11.6. The van der Waals surface area contributed by atoms with Crippen molar-refractivity contribution in [2.75, 3.05) is 0 Å². The van der Waals surface area contributed by atoms with Gasteiger partial charge in [-0.3, -0.25) is 4.79 Å². The summed E-state index contributed by atoms with van der Waals surface area (Å²) in [5.74, 6) is -1.22. The second kappa shape index (κ2) is 7.99. The van der Waals surface area contributed by atoms with Crippen molar-refractivity contribution in [3.8, 4) is 11.3 Å². The SMILES string of the molecule is O=C(NCc1ccc(F)cc1)c1nn2c(C(F)(F)F)cc(-c3ccccc3)nc2c1Cl. The van der Waals surface area contributed by atoms with E-state index in [2.05, 4.69) is 15.4 Å². The van der Waals surface area contributed by atoms with Gasteiger partial charge in [0.2, 0.25) is 0 Å². The van der Waals surface area contributed by atoms with Gasteiger partial charge in [0.15, 0.2) is 17.0 Å². The van der Waals surface area contributed by atoms with Crippen LogP contribution in [0.5, 0.6) is 0 Å². The largest absolute Gasteiger partial charge is 0.433 e. The number of nitrogens with zero attached hydrogens (tertiary/aromatic N) is 3. The van der Waals surface area contributed by atoms with Crippen molar-refractivity contribution < 1.29 is 22.4 Å². The predicted octanol–water partition coefficient (Wildman–Crippen LogP) is 5.14. The summed E-state index contributed by atoms with van der Waals surface area (Å²) in [6.45, 7) is 0.0120. The van der Waals surface area contributed by atoms with Crippen molar-refractivity contribution in [2.24, 2.45) is 0 Å². The number of halogens is 5. The predicted molar refractivity (Wildman–Crippen MR) is 106 cm³/mol. The molecular weight excluding hydrogens is 436 g/mol. The standard InChI is InChI=1S/C21H13ClF4N4O/c22-17-18(20(31)27-11-12-6-8-14(23)9-7-12)29-30-16(21(24,25)26)10-15(28-19(17)30)13-4-2-1-3-5-13/h1-10H,11H2,(H,27,31). The minimum Gasteiger partial charge on any atom is -0.347 e. The summed E-state index contributed by atoms with van der Waals surface area (Å²) in [5, 5.41) is 5.97. The molecule has 0 bridgehead atoms. The molecule has 0 aliphatic carbocycles. The Morgan fingerprint density at radius 2 is 1.74 bits per heavy atom. The molecular formula is C21H13ClF4N4O.